The van der Waals surface area contributed by atoms with Crippen LogP contribution in [0.4, 0.5) is 0 Å². The van der Waals surface area contributed by atoms with Gasteiger partial charge in [-0.1, -0.05) is 29.8 Å². The number of benzene rings is 1. The molecule has 1 atom stereocenters. The molecule has 2 heterocycles. The maximum absolute atomic E-state index is 6.26. The molecule has 0 fully saturated rings. The lowest BCUT2D eigenvalue weighted by Gasteiger charge is -2.17. The number of amidine groups is 1. The smallest absolute Gasteiger partial charge is 0.290 e. The molecule has 3 rings (SSSR count). The van der Waals surface area contributed by atoms with Crippen LogP contribution in [-0.4, -0.2) is 23.3 Å². The van der Waals surface area contributed by atoms with Gasteiger partial charge in [0.25, 0.3) is 6.02 Å². The van der Waals surface area contributed by atoms with Gasteiger partial charge >= 0.3 is 0 Å². The molecule has 0 bridgehead atoms. The van der Waals surface area contributed by atoms with E-state index in [-0.39, 0.29) is 6.04 Å². The fourth-order valence-corrected chi connectivity index (χ4v) is 3.64. The Morgan fingerprint density at radius 1 is 1.40 bits per heavy atom. The number of aromatic amines is 1. The Hall–Kier alpha value is -2.02. The Balaban J connectivity index is 1.73. The molecule has 0 aliphatic rings. The van der Waals surface area contributed by atoms with Crippen molar-refractivity contribution in [2.24, 2.45) is 4.99 Å². The van der Waals surface area contributed by atoms with Crippen molar-refractivity contribution < 1.29 is 4.74 Å². The number of fused-ring (bicyclic) bond motifs is 1. The van der Waals surface area contributed by atoms with Gasteiger partial charge in [0.15, 0.2) is 0 Å². The summed E-state index contributed by atoms with van der Waals surface area (Å²) in [6.07, 6.45) is 1.70. The van der Waals surface area contributed by atoms with Crippen LogP contribution in [0.5, 0.6) is 0 Å². The zero-order valence-electron chi connectivity index (χ0n) is 13.6. The number of thiophene rings is 1. The summed E-state index contributed by atoms with van der Waals surface area (Å²) in [5, 5.41) is 11.5. The third-order valence-corrected chi connectivity index (χ3v) is 5.32. The maximum atomic E-state index is 6.26. The molecular weight excluding hydrogens is 379 g/mol. The summed E-state index contributed by atoms with van der Waals surface area (Å²) in [5.74, 6) is 0.439. The molecule has 2 N–H and O–H groups in total. The summed E-state index contributed by atoms with van der Waals surface area (Å²) in [4.78, 5) is 5.23. The summed E-state index contributed by atoms with van der Waals surface area (Å²) in [6.45, 7) is 5.99. The lowest BCUT2D eigenvalue weighted by Crippen LogP contribution is -2.28. The van der Waals surface area contributed by atoms with Crippen LogP contribution in [0.2, 0.25) is 9.36 Å². The first-order chi connectivity index (χ1) is 12.0. The van der Waals surface area contributed by atoms with Gasteiger partial charge in [-0.05, 0) is 31.2 Å². The number of hydrogen-bond donors (Lipinski definition) is 2. The van der Waals surface area contributed by atoms with E-state index < -0.39 is 0 Å². The Bertz CT molecular complexity index is 947. The van der Waals surface area contributed by atoms with Crippen LogP contribution in [0, 0.1) is 0 Å². The van der Waals surface area contributed by atoms with Gasteiger partial charge in [-0.25, -0.2) is 4.99 Å². The lowest BCUT2D eigenvalue weighted by atomic mass is 10.1. The highest BCUT2D eigenvalue weighted by atomic mass is 35.5. The number of hydrogen-bond acceptors (Lipinski definition) is 4. The fourth-order valence-electron chi connectivity index (χ4n) is 2.31. The van der Waals surface area contributed by atoms with Crippen LogP contribution in [0.3, 0.4) is 0 Å². The molecule has 0 saturated heterocycles. The van der Waals surface area contributed by atoms with Crippen molar-refractivity contribution >= 4 is 57.2 Å². The topological polar surface area (TPSA) is 62.3 Å². The van der Waals surface area contributed by atoms with Crippen molar-refractivity contribution in [3.8, 4) is 0 Å². The first kappa shape index (κ1) is 17.8. The third kappa shape index (κ3) is 3.98. The molecule has 0 spiro atoms. The molecule has 25 heavy (non-hydrogen) atoms. The molecule has 5 nitrogen and oxygen atoms in total. The van der Waals surface area contributed by atoms with Crippen LogP contribution in [0.15, 0.2) is 42.0 Å². The van der Waals surface area contributed by atoms with Gasteiger partial charge in [0, 0.05) is 22.9 Å². The summed E-state index contributed by atoms with van der Waals surface area (Å²) in [7, 11) is 1.65. The van der Waals surface area contributed by atoms with E-state index in [1.165, 1.54) is 11.3 Å². The molecule has 3 aromatic rings. The largest absolute Gasteiger partial charge is 0.426 e. The number of aromatic nitrogens is 2. The minimum atomic E-state index is 0.00365. The average molecular weight is 395 g/mol. The summed E-state index contributed by atoms with van der Waals surface area (Å²) < 4.78 is 6.53. The molecule has 8 heteroatoms. The van der Waals surface area contributed by atoms with Gasteiger partial charge < -0.3 is 10.1 Å². The van der Waals surface area contributed by atoms with Crippen molar-refractivity contribution in [1.82, 2.24) is 15.5 Å². The van der Waals surface area contributed by atoms with Crippen LogP contribution >= 0.6 is 34.5 Å². The molecule has 2 aromatic heterocycles. The highest BCUT2D eigenvalue weighted by Gasteiger charge is 2.14. The van der Waals surface area contributed by atoms with Crippen molar-refractivity contribution in [3.05, 3.63) is 56.8 Å². The molecule has 1 aromatic carbocycles. The van der Waals surface area contributed by atoms with Gasteiger partial charge in [-0.3, -0.25) is 5.10 Å². The average Bonchev–Trinajstić information content (AvgIpc) is 3.22. The standard InChI is InChI=1S/C17H16Cl2N4OS/c1-9(14-4-5-15(19)25-14)22-17(20-3)24-10(2)11-6-12-8-21-23-16(12)13(18)7-11/h4-9H,2H2,1,3H3,(H,20,22)(H,21,23). The summed E-state index contributed by atoms with van der Waals surface area (Å²) in [5.41, 5.74) is 1.54. The second-order valence-electron chi connectivity index (χ2n) is 5.35. The number of rotatable bonds is 4. The lowest BCUT2D eigenvalue weighted by molar-refractivity contribution is 0.462. The highest BCUT2D eigenvalue weighted by molar-refractivity contribution is 7.16. The molecule has 1 unspecified atom stereocenters. The maximum Gasteiger partial charge on any atom is 0.290 e. The zero-order valence-corrected chi connectivity index (χ0v) is 16.0. The Labute approximate surface area is 159 Å². The molecule has 0 saturated carbocycles. The minimum Gasteiger partial charge on any atom is -0.426 e. The summed E-state index contributed by atoms with van der Waals surface area (Å²) >= 11 is 13.8. The van der Waals surface area contributed by atoms with E-state index in [0.717, 1.165) is 25.7 Å². The van der Waals surface area contributed by atoms with Crippen LogP contribution < -0.4 is 5.32 Å². The van der Waals surface area contributed by atoms with Crippen molar-refractivity contribution in [3.63, 3.8) is 0 Å². The van der Waals surface area contributed by atoms with Gasteiger partial charge in [0.2, 0.25) is 0 Å². The number of H-pyrrole nitrogens is 1. The van der Waals surface area contributed by atoms with Crippen LogP contribution in [-0.2, 0) is 4.74 Å². The number of nitrogens with one attached hydrogen (secondary N) is 2. The van der Waals surface area contributed by atoms with Crippen molar-refractivity contribution in [2.75, 3.05) is 7.05 Å². The van der Waals surface area contributed by atoms with E-state index in [4.69, 9.17) is 27.9 Å². The molecule has 0 aliphatic heterocycles. The van der Waals surface area contributed by atoms with Gasteiger partial charge in [-0.15, -0.1) is 11.3 Å². The third-order valence-electron chi connectivity index (χ3n) is 3.61. The Kier molecular flexibility index (Phi) is 5.32. The van der Waals surface area contributed by atoms with E-state index in [1.807, 2.05) is 25.1 Å². The second-order valence-corrected chi connectivity index (χ2v) is 7.51. The monoisotopic (exact) mass is 394 g/mol. The Morgan fingerprint density at radius 3 is 2.88 bits per heavy atom. The highest BCUT2D eigenvalue weighted by Crippen LogP contribution is 2.28. The number of nitrogens with zero attached hydrogens (tertiary/aromatic N) is 2. The quantitative estimate of drug-likeness (QED) is 0.360. The van der Waals surface area contributed by atoms with E-state index in [2.05, 4.69) is 27.1 Å². The van der Waals surface area contributed by atoms with E-state index in [1.54, 1.807) is 19.3 Å². The van der Waals surface area contributed by atoms with Crippen LogP contribution in [0.25, 0.3) is 16.7 Å². The van der Waals surface area contributed by atoms with Crippen LogP contribution in [0.1, 0.15) is 23.4 Å². The molecule has 130 valence electrons. The minimum absolute atomic E-state index is 0.00365. The second kappa shape index (κ2) is 7.47. The van der Waals surface area contributed by atoms with Gasteiger partial charge in [0.1, 0.15) is 5.76 Å². The number of aliphatic imine (C=N–C) groups is 1. The predicted molar refractivity (Wildman–Crippen MR) is 105 cm³/mol. The normalized spacial score (nSPS) is 13.0. The molecule has 0 radical (unpaired) electrons. The number of ether oxygens (including phenoxy) is 1. The molecule has 0 amide bonds. The van der Waals surface area contributed by atoms with E-state index in [9.17, 15) is 0 Å². The SMILES string of the molecule is C=C(OC(=NC)NC(C)c1ccc(Cl)s1)c1cc(Cl)c2[nH]ncc2c1. The first-order valence-corrected chi connectivity index (χ1v) is 9.03. The number of halogens is 2. The molecule has 0 aliphatic carbocycles. The van der Waals surface area contributed by atoms with Crippen molar-refractivity contribution in [1.29, 1.82) is 0 Å². The summed E-state index contributed by atoms with van der Waals surface area (Å²) in [6, 6.07) is 7.89. The Morgan fingerprint density at radius 2 is 2.20 bits per heavy atom. The van der Waals surface area contributed by atoms with Gasteiger partial charge in [-0.2, -0.15) is 5.10 Å². The van der Waals surface area contributed by atoms with E-state index in [0.29, 0.717) is 16.8 Å². The fraction of sp³-hybridized carbons (Fsp3) is 0.176. The van der Waals surface area contributed by atoms with Gasteiger partial charge in [0.05, 0.1) is 27.1 Å². The molecular formula is C17H16Cl2N4OS. The van der Waals surface area contributed by atoms with Crippen molar-refractivity contribution in [2.45, 2.75) is 13.0 Å². The van der Waals surface area contributed by atoms with E-state index >= 15 is 0 Å². The zero-order chi connectivity index (χ0) is 18.0. The predicted octanol–water partition coefficient (Wildman–Crippen LogP) is 5.26. The first-order valence-electron chi connectivity index (χ1n) is 7.46.